The molecule has 7 heteroatoms. The minimum atomic E-state index is -0.796. The van der Waals surface area contributed by atoms with Gasteiger partial charge in [0.15, 0.2) is 17.3 Å². The van der Waals surface area contributed by atoms with Gasteiger partial charge in [-0.3, -0.25) is 4.79 Å². The summed E-state index contributed by atoms with van der Waals surface area (Å²) >= 11 is 6.15. The average molecular weight is 424 g/mol. The van der Waals surface area contributed by atoms with Crippen LogP contribution >= 0.6 is 11.6 Å². The topological polar surface area (TPSA) is 73.9 Å². The number of carbonyl (C=O) groups excluding carboxylic acids is 2. The molecule has 1 aliphatic rings. The molecule has 3 aromatic rings. The first kappa shape index (κ1) is 19.8. The first-order valence-corrected chi connectivity index (χ1v) is 9.53. The second kappa shape index (κ2) is 8.08. The Morgan fingerprint density at radius 1 is 1.03 bits per heavy atom. The van der Waals surface area contributed by atoms with Gasteiger partial charge in [0, 0.05) is 27.4 Å². The number of fused-ring (bicyclic) bond motifs is 1. The molecule has 0 amide bonds. The summed E-state index contributed by atoms with van der Waals surface area (Å²) in [6.45, 7) is 0. The maximum absolute atomic E-state index is 13.0. The summed E-state index contributed by atoms with van der Waals surface area (Å²) in [4.78, 5) is 25.6. The molecule has 30 heavy (non-hydrogen) atoms. The number of benzene rings is 3. The number of carbonyl (C=O) groups is 2. The van der Waals surface area contributed by atoms with Crippen molar-refractivity contribution in [1.82, 2.24) is 0 Å². The molecule has 0 aromatic heterocycles. The second-order valence-electron chi connectivity index (χ2n) is 6.58. The fourth-order valence-electron chi connectivity index (χ4n) is 3.42. The third-order valence-electron chi connectivity index (χ3n) is 4.84. The van der Waals surface area contributed by atoms with E-state index in [2.05, 4.69) is 5.32 Å². The standard InChI is InChI=1S/C23H18ClNO5/c1-28-18-11-9-15-19(21(18)29-2)23(27)30-22(15)25-17-10-8-14(24)12-16(17)20(26)13-6-4-3-5-7-13/h3-12,22,25H,1-2H3/t22-/m1/s1. The second-order valence-corrected chi connectivity index (χ2v) is 7.02. The Kier molecular flexibility index (Phi) is 5.33. The van der Waals surface area contributed by atoms with Gasteiger partial charge < -0.3 is 19.5 Å². The number of cyclic esters (lactones) is 1. The highest BCUT2D eigenvalue weighted by Gasteiger charge is 2.36. The lowest BCUT2D eigenvalue weighted by Gasteiger charge is -2.18. The van der Waals surface area contributed by atoms with Crippen LogP contribution in [0.5, 0.6) is 11.5 Å². The van der Waals surface area contributed by atoms with Crippen molar-refractivity contribution in [2.24, 2.45) is 0 Å². The molecule has 1 aliphatic heterocycles. The van der Waals surface area contributed by atoms with Crippen molar-refractivity contribution in [1.29, 1.82) is 0 Å². The highest BCUT2D eigenvalue weighted by Crippen LogP contribution is 2.42. The van der Waals surface area contributed by atoms with Gasteiger partial charge in [0.25, 0.3) is 0 Å². The summed E-state index contributed by atoms with van der Waals surface area (Å²) in [5.74, 6) is 0.00175. The third kappa shape index (κ3) is 3.46. The van der Waals surface area contributed by atoms with Gasteiger partial charge in [0.2, 0.25) is 6.23 Å². The summed E-state index contributed by atoms with van der Waals surface area (Å²) in [5, 5.41) is 3.57. The first-order chi connectivity index (χ1) is 14.5. The van der Waals surface area contributed by atoms with Gasteiger partial charge in [-0.05, 0) is 30.3 Å². The van der Waals surface area contributed by atoms with Gasteiger partial charge in [0.1, 0.15) is 5.56 Å². The van der Waals surface area contributed by atoms with E-state index in [1.165, 1.54) is 14.2 Å². The molecule has 1 atom stereocenters. The molecule has 3 aromatic carbocycles. The van der Waals surface area contributed by atoms with Crippen LogP contribution in [-0.2, 0) is 4.74 Å². The molecule has 0 radical (unpaired) electrons. The molecule has 0 saturated carbocycles. The van der Waals surface area contributed by atoms with Crippen molar-refractivity contribution in [3.63, 3.8) is 0 Å². The molecule has 1 heterocycles. The molecule has 0 bridgehead atoms. The molecule has 0 spiro atoms. The van der Waals surface area contributed by atoms with Crippen LogP contribution in [0, 0.1) is 0 Å². The van der Waals surface area contributed by atoms with Crippen molar-refractivity contribution >= 4 is 29.0 Å². The van der Waals surface area contributed by atoms with E-state index in [4.69, 9.17) is 25.8 Å². The Bertz CT molecular complexity index is 1130. The van der Waals surface area contributed by atoms with E-state index < -0.39 is 12.2 Å². The molecular formula is C23H18ClNO5. The van der Waals surface area contributed by atoms with E-state index in [0.29, 0.717) is 44.5 Å². The normalized spacial score (nSPS) is 14.6. The maximum Gasteiger partial charge on any atom is 0.344 e. The fraction of sp³-hybridized carbons (Fsp3) is 0.130. The summed E-state index contributed by atoms with van der Waals surface area (Å²) < 4.78 is 16.1. The molecule has 0 fully saturated rings. The Hall–Kier alpha value is -3.51. The third-order valence-corrected chi connectivity index (χ3v) is 5.07. The lowest BCUT2D eigenvalue weighted by molar-refractivity contribution is 0.0435. The minimum Gasteiger partial charge on any atom is -0.493 e. The highest BCUT2D eigenvalue weighted by molar-refractivity contribution is 6.31. The fourth-order valence-corrected chi connectivity index (χ4v) is 3.60. The van der Waals surface area contributed by atoms with Crippen LogP contribution < -0.4 is 14.8 Å². The summed E-state index contributed by atoms with van der Waals surface area (Å²) in [6, 6.07) is 17.3. The van der Waals surface area contributed by atoms with Gasteiger partial charge >= 0.3 is 5.97 Å². The molecular weight excluding hydrogens is 406 g/mol. The Balaban J connectivity index is 1.72. The lowest BCUT2D eigenvalue weighted by Crippen LogP contribution is -2.14. The van der Waals surface area contributed by atoms with E-state index in [0.717, 1.165) is 0 Å². The predicted octanol–water partition coefficient (Wildman–Crippen LogP) is 4.87. The smallest absolute Gasteiger partial charge is 0.344 e. The van der Waals surface area contributed by atoms with Gasteiger partial charge in [0.05, 0.1) is 14.2 Å². The monoisotopic (exact) mass is 423 g/mol. The van der Waals surface area contributed by atoms with Crippen molar-refractivity contribution < 1.29 is 23.8 Å². The number of nitrogens with one attached hydrogen (secondary N) is 1. The molecule has 4 rings (SSSR count). The summed E-state index contributed by atoms with van der Waals surface area (Å²) in [6.07, 6.45) is -0.796. The van der Waals surface area contributed by atoms with E-state index in [9.17, 15) is 9.59 Å². The number of hydrogen-bond acceptors (Lipinski definition) is 6. The number of anilines is 1. The lowest BCUT2D eigenvalue weighted by atomic mass is 10.0. The number of hydrogen-bond donors (Lipinski definition) is 1. The maximum atomic E-state index is 13.0. The van der Waals surface area contributed by atoms with Crippen LogP contribution in [0.25, 0.3) is 0 Å². The zero-order valence-corrected chi connectivity index (χ0v) is 17.0. The van der Waals surface area contributed by atoms with Crippen LogP contribution in [0.4, 0.5) is 5.69 Å². The van der Waals surface area contributed by atoms with Crippen LogP contribution in [-0.4, -0.2) is 26.0 Å². The summed E-state index contributed by atoms with van der Waals surface area (Å²) in [7, 11) is 2.96. The average Bonchev–Trinajstić information content (AvgIpc) is 3.09. The number of ether oxygens (including phenoxy) is 3. The van der Waals surface area contributed by atoms with Crippen LogP contribution in [0.2, 0.25) is 5.02 Å². The molecule has 152 valence electrons. The molecule has 0 saturated heterocycles. The molecule has 0 unspecified atom stereocenters. The van der Waals surface area contributed by atoms with Crippen LogP contribution in [0.3, 0.4) is 0 Å². The SMILES string of the molecule is COc1ccc2c(c1OC)C(=O)O[C@H]2Nc1ccc(Cl)cc1C(=O)c1ccccc1. The van der Waals surface area contributed by atoms with Crippen molar-refractivity contribution in [2.45, 2.75) is 6.23 Å². The highest BCUT2D eigenvalue weighted by atomic mass is 35.5. The zero-order chi connectivity index (χ0) is 21.3. The minimum absolute atomic E-state index is 0.197. The Labute approximate surface area is 178 Å². The van der Waals surface area contributed by atoms with Gasteiger partial charge in [-0.2, -0.15) is 0 Å². The van der Waals surface area contributed by atoms with Crippen LogP contribution in [0.15, 0.2) is 60.7 Å². The predicted molar refractivity (Wildman–Crippen MR) is 113 cm³/mol. The zero-order valence-electron chi connectivity index (χ0n) is 16.3. The van der Waals surface area contributed by atoms with Crippen molar-refractivity contribution in [3.05, 3.63) is 87.9 Å². The van der Waals surface area contributed by atoms with Crippen LogP contribution in [0.1, 0.15) is 38.1 Å². The molecule has 1 N–H and O–H groups in total. The van der Waals surface area contributed by atoms with Gasteiger partial charge in [-0.15, -0.1) is 0 Å². The van der Waals surface area contributed by atoms with Crippen molar-refractivity contribution in [2.75, 3.05) is 19.5 Å². The molecule has 6 nitrogen and oxygen atoms in total. The first-order valence-electron chi connectivity index (χ1n) is 9.15. The van der Waals surface area contributed by atoms with E-state index in [-0.39, 0.29) is 5.78 Å². The number of halogens is 1. The summed E-state index contributed by atoms with van der Waals surface area (Å²) in [5.41, 5.74) is 2.27. The largest absolute Gasteiger partial charge is 0.493 e. The Morgan fingerprint density at radius 2 is 1.80 bits per heavy atom. The quantitative estimate of drug-likeness (QED) is 0.450. The number of esters is 1. The number of rotatable bonds is 6. The van der Waals surface area contributed by atoms with Crippen molar-refractivity contribution in [3.8, 4) is 11.5 Å². The van der Waals surface area contributed by atoms with Gasteiger partial charge in [-0.25, -0.2) is 4.79 Å². The Morgan fingerprint density at radius 3 is 2.50 bits per heavy atom. The van der Waals surface area contributed by atoms with E-state index in [1.54, 1.807) is 54.6 Å². The molecule has 0 aliphatic carbocycles. The van der Waals surface area contributed by atoms with E-state index >= 15 is 0 Å². The number of ketones is 1. The van der Waals surface area contributed by atoms with E-state index in [1.807, 2.05) is 6.07 Å². The number of methoxy groups -OCH3 is 2. The van der Waals surface area contributed by atoms with Gasteiger partial charge in [-0.1, -0.05) is 41.9 Å².